The van der Waals surface area contributed by atoms with Crippen molar-refractivity contribution in [2.75, 3.05) is 19.6 Å². The van der Waals surface area contributed by atoms with Gasteiger partial charge >= 0.3 is 11.7 Å². The highest BCUT2D eigenvalue weighted by molar-refractivity contribution is 6.10. The minimum absolute atomic E-state index is 0.0510. The fourth-order valence-electron chi connectivity index (χ4n) is 3.09. The normalized spacial score (nSPS) is 17.5. The van der Waals surface area contributed by atoms with E-state index in [9.17, 15) is 19.5 Å². The molecule has 5 N–H and O–H groups in total. The molecule has 1 fully saturated rings. The lowest BCUT2D eigenvalue weighted by molar-refractivity contribution is -0.185. The maximum absolute atomic E-state index is 13.0. The van der Waals surface area contributed by atoms with Gasteiger partial charge in [0.25, 0.3) is 5.91 Å². The number of nitrogens with one attached hydrogen (secondary N) is 2. The topological polar surface area (TPSA) is 155 Å². The third-order valence-corrected chi connectivity index (χ3v) is 4.84. The van der Waals surface area contributed by atoms with E-state index in [1.807, 2.05) is 6.07 Å². The van der Waals surface area contributed by atoms with E-state index in [2.05, 4.69) is 10.6 Å². The van der Waals surface area contributed by atoms with Gasteiger partial charge in [-0.3, -0.25) is 9.59 Å². The van der Waals surface area contributed by atoms with Crippen molar-refractivity contribution in [3.63, 3.8) is 0 Å². The highest BCUT2D eigenvalue weighted by atomic mass is 16.6. The van der Waals surface area contributed by atoms with E-state index in [-0.39, 0.29) is 24.9 Å². The lowest BCUT2D eigenvalue weighted by Gasteiger charge is -2.34. The number of carbonyl (C=O) groups excluding carboxylic acids is 2. The Labute approximate surface area is 169 Å². The molecule has 0 bridgehead atoms. The highest BCUT2D eigenvalue weighted by Gasteiger charge is 2.50. The van der Waals surface area contributed by atoms with Gasteiger partial charge in [-0.2, -0.15) is 5.26 Å². The van der Waals surface area contributed by atoms with Crippen molar-refractivity contribution in [2.45, 2.75) is 37.5 Å². The minimum atomic E-state index is -2.52. The lowest BCUT2D eigenvalue weighted by Crippen LogP contribution is -2.63. The summed E-state index contributed by atoms with van der Waals surface area (Å²) in [5, 5.41) is 24.4. The van der Waals surface area contributed by atoms with Crippen molar-refractivity contribution in [3.05, 3.63) is 35.9 Å². The minimum Gasteiger partial charge on any atom is -0.477 e. The maximum Gasteiger partial charge on any atom is 0.365 e. The van der Waals surface area contributed by atoms with Crippen LogP contribution in [0.3, 0.4) is 0 Å². The molecule has 2 unspecified atom stereocenters. The molecular formula is C20H26N4O5. The first-order valence-corrected chi connectivity index (χ1v) is 9.55. The molecular weight excluding hydrogens is 376 g/mol. The molecule has 0 aliphatic carbocycles. The molecule has 1 heterocycles. The average molecular weight is 402 g/mol. The fraction of sp³-hybridized carbons (Fsp3) is 0.500. The number of aliphatic carboxylic acids is 1. The molecule has 9 heteroatoms. The van der Waals surface area contributed by atoms with Gasteiger partial charge in [-0.05, 0) is 44.5 Å². The van der Waals surface area contributed by atoms with Crippen molar-refractivity contribution in [1.82, 2.24) is 10.6 Å². The number of carbonyl (C=O) groups is 3. The number of rotatable bonds is 10. The molecule has 1 aromatic rings. The molecule has 0 spiro atoms. The summed E-state index contributed by atoms with van der Waals surface area (Å²) in [5.41, 5.74) is 3.17. The standard InChI is InChI=1S/C20H26N4O5/c21-12-14(13-22)6-7-17(25)20(19(27)28,29-16-8-10-23-11-9-16)24-18(26)15-4-2-1-3-5-15/h1-5,14,16,23H,6-12,21H2,(H,24,26)(H,27,28). The van der Waals surface area contributed by atoms with E-state index in [0.717, 1.165) is 0 Å². The molecule has 1 amide bonds. The molecule has 1 aromatic carbocycles. The van der Waals surface area contributed by atoms with Crippen LogP contribution in [0.2, 0.25) is 0 Å². The summed E-state index contributed by atoms with van der Waals surface area (Å²) in [5.74, 6) is -3.73. The Bertz CT molecular complexity index is 758. The number of carboxylic acid groups (broad SMARTS) is 1. The summed E-state index contributed by atoms with van der Waals surface area (Å²) in [6.07, 6.45) is 0.327. The first-order valence-electron chi connectivity index (χ1n) is 9.55. The quantitative estimate of drug-likeness (QED) is 0.324. The summed E-state index contributed by atoms with van der Waals surface area (Å²) in [7, 11) is 0. The van der Waals surface area contributed by atoms with Crippen LogP contribution in [0, 0.1) is 17.2 Å². The number of Topliss-reactive ketones (excluding diaryl/α,β-unsaturated/α-hetero) is 1. The van der Waals surface area contributed by atoms with Crippen LogP contribution in [0.5, 0.6) is 0 Å². The molecule has 2 atom stereocenters. The van der Waals surface area contributed by atoms with Crippen LogP contribution in [0.25, 0.3) is 0 Å². The second-order valence-electron chi connectivity index (χ2n) is 6.90. The number of nitrogens with zero attached hydrogens (tertiary/aromatic N) is 1. The summed E-state index contributed by atoms with van der Waals surface area (Å²) in [6, 6.07) is 9.97. The monoisotopic (exact) mass is 402 g/mol. The van der Waals surface area contributed by atoms with Crippen LogP contribution < -0.4 is 16.4 Å². The van der Waals surface area contributed by atoms with Crippen LogP contribution in [-0.4, -0.2) is 54.2 Å². The Hall–Kier alpha value is -2.80. The SMILES string of the molecule is N#CC(CN)CCC(=O)C(NC(=O)c1ccccc1)(OC1CCNCC1)C(=O)O. The Morgan fingerprint density at radius 1 is 1.31 bits per heavy atom. The molecule has 1 aliphatic rings. The molecule has 0 aromatic heterocycles. The first-order chi connectivity index (χ1) is 13.9. The number of benzene rings is 1. The van der Waals surface area contributed by atoms with E-state index >= 15 is 0 Å². The lowest BCUT2D eigenvalue weighted by atomic mass is 9.96. The summed E-state index contributed by atoms with van der Waals surface area (Å²) < 4.78 is 5.76. The van der Waals surface area contributed by atoms with Gasteiger partial charge in [-0.15, -0.1) is 0 Å². The zero-order chi connectivity index (χ0) is 21.3. The maximum atomic E-state index is 13.0. The predicted octanol–water partition coefficient (Wildman–Crippen LogP) is 0.414. The number of carboxylic acids is 1. The van der Waals surface area contributed by atoms with Crippen molar-refractivity contribution in [3.8, 4) is 6.07 Å². The van der Waals surface area contributed by atoms with E-state index in [0.29, 0.717) is 25.9 Å². The Kier molecular flexibility index (Phi) is 8.27. The number of hydrogen-bond donors (Lipinski definition) is 4. The second-order valence-corrected chi connectivity index (χ2v) is 6.90. The summed E-state index contributed by atoms with van der Waals surface area (Å²) >= 11 is 0. The van der Waals surface area contributed by atoms with Crippen molar-refractivity contribution in [1.29, 1.82) is 5.26 Å². The van der Waals surface area contributed by atoms with Gasteiger partial charge in [0.2, 0.25) is 0 Å². The third kappa shape index (κ3) is 5.84. The first kappa shape index (κ1) is 22.5. The van der Waals surface area contributed by atoms with Crippen molar-refractivity contribution in [2.24, 2.45) is 11.7 Å². The average Bonchev–Trinajstić information content (AvgIpc) is 2.74. The summed E-state index contributed by atoms with van der Waals surface area (Å²) in [6.45, 7) is 1.28. The van der Waals surface area contributed by atoms with Crippen LogP contribution in [0.4, 0.5) is 0 Å². The Balaban J connectivity index is 2.29. The number of ether oxygens (including phenoxy) is 1. The highest BCUT2D eigenvalue weighted by Crippen LogP contribution is 2.22. The van der Waals surface area contributed by atoms with Crippen molar-refractivity contribution >= 4 is 17.7 Å². The number of ketones is 1. The van der Waals surface area contributed by atoms with Gasteiger partial charge in [0.1, 0.15) is 0 Å². The van der Waals surface area contributed by atoms with E-state index in [1.165, 1.54) is 12.1 Å². The fourth-order valence-corrected chi connectivity index (χ4v) is 3.09. The number of hydrogen-bond acceptors (Lipinski definition) is 7. The van der Waals surface area contributed by atoms with Gasteiger partial charge in [0.05, 0.1) is 18.1 Å². The molecule has 1 aliphatic heterocycles. The zero-order valence-electron chi connectivity index (χ0n) is 16.1. The van der Waals surface area contributed by atoms with Crippen molar-refractivity contribution < 1.29 is 24.2 Å². The van der Waals surface area contributed by atoms with Gasteiger partial charge in [0, 0.05) is 18.5 Å². The molecule has 2 rings (SSSR count). The molecule has 0 saturated carbocycles. The van der Waals surface area contributed by atoms with Crippen LogP contribution in [-0.2, 0) is 14.3 Å². The number of amides is 1. The number of nitrogens with two attached hydrogens (primary N) is 1. The van der Waals surface area contributed by atoms with Crippen LogP contribution in [0.15, 0.2) is 30.3 Å². The van der Waals surface area contributed by atoms with Crippen LogP contribution >= 0.6 is 0 Å². The molecule has 29 heavy (non-hydrogen) atoms. The Morgan fingerprint density at radius 3 is 2.52 bits per heavy atom. The molecule has 9 nitrogen and oxygen atoms in total. The van der Waals surface area contributed by atoms with Gasteiger partial charge in [0.15, 0.2) is 5.78 Å². The largest absolute Gasteiger partial charge is 0.477 e. The molecule has 0 radical (unpaired) electrons. The van der Waals surface area contributed by atoms with E-state index in [1.54, 1.807) is 18.2 Å². The van der Waals surface area contributed by atoms with Gasteiger partial charge < -0.3 is 26.2 Å². The number of nitriles is 1. The van der Waals surface area contributed by atoms with E-state index < -0.39 is 35.4 Å². The van der Waals surface area contributed by atoms with E-state index in [4.69, 9.17) is 15.7 Å². The zero-order valence-corrected chi connectivity index (χ0v) is 16.1. The second kappa shape index (κ2) is 10.7. The predicted molar refractivity (Wildman–Crippen MR) is 104 cm³/mol. The molecule has 156 valence electrons. The number of piperidine rings is 1. The summed E-state index contributed by atoms with van der Waals surface area (Å²) in [4.78, 5) is 37.9. The van der Waals surface area contributed by atoms with Gasteiger partial charge in [-0.25, -0.2) is 4.79 Å². The Morgan fingerprint density at radius 2 is 1.97 bits per heavy atom. The smallest absolute Gasteiger partial charge is 0.365 e. The molecule has 1 saturated heterocycles. The van der Waals surface area contributed by atoms with Gasteiger partial charge in [-0.1, -0.05) is 18.2 Å². The van der Waals surface area contributed by atoms with Crippen LogP contribution in [0.1, 0.15) is 36.0 Å². The third-order valence-electron chi connectivity index (χ3n) is 4.84.